The number of aromatic nitrogens is 1. The van der Waals surface area contributed by atoms with Crippen molar-refractivity contribution in [2.75, 3.05) is 0 Å². The molecule has 0 aliphatic carbocycles. The molecule has 7 heteroatoms. The lowest BCUT2D eigenvalue weighted by Crippen LogP contribution is -1.87. The smallest absolute Gasteiger partial charge is 0.312 e. The van der Waals surface area contributed by atoms with Crippen LogP contribution in [-0.2, 0) is 6.42 Å². The number of nitrogens with zero attached hydrogens (tertiary/aromatic N) is 3. The molecule has 1 aromatic heterocycles. The van der Waals surface area contributed by atoms with Gasteiger partial charge in [0.25, 0.3) is 5.69 Å². The lowest BCUT2D eigenvalue weighted by molar-refractivity contribution is -0.384. The molecule has 0 fully saturated rings. The van der Waals surface area contributed by atoms with E-state index in [9.17, 15) is 15.2 Å². The van der Waals surface area contributed by atoms with Gasteiger partial charge in [0.05, 0.1) is 16.8 Å². The number of rotatable bonds is 8. The Hall–Kier alpha value is -3.74. The van der Waals surface area contributed by atoms with Gasteiger partial charge in [0.15, 0.2) is 5.69 Å². The van der Waals surface area contributed by atoms with Gasteiger partial charge in [-0.3, -0.25) is 15.1 Å². The summed E-state index contributed by atoms with van der Waals surface area (Å²) in [5.74, 6) is -0.169. The van der Waals surface area contributed by atoms with Crippen LogP contribution in [0.25, 0.3) is 12.2 Å². The summed E-state index contributed by atoms with van der Waals surface area (Å²) < 4.78 is 5.20. The van der Waals surface area contributed by atoms with Gasteiger partial charge in [-0.2, -0.15) is 0 Å². The minimum atomic E-state index is -0.459. The summed E-state index contributed by atoms with van der Waals surface area (Å²) >= 11 is 0. The van der Waals surface area contributed by atoms with Gasteiger partial charge < -0.3 is 9.52 Å². The van der Waals surface area contributed by atoms with E-state index in [-0.39, 0.29) is 23.2 Å². The number of aromatic hydroxyl groups is 1. The Morgan fingerprint density at radius 2 is 2.00 bits per heavy atom. The number of aliphatic imine (C=N–C) groups is 1. The van der Waals surface area contributed by atoms with E-state index >= 15 is 0 Å². The van der Waals surface area contributed by atoms with Crippen LogP contribution < -0.4 is 0 Å². The lowest BCUT2D eigenvalue weighted by atomic mass is 10.1. The number of oxazole rings is 1. The van der Waals surface area contributed by atoms with Gasteiger partial charge in [0.2, 0.25) is 5.89 Å². The van der Waals surface area contributed by atoms with Crippen LogP contribution in [0, 0.1) is 10.1 Å². The zero-order valence-electron chi connectivity index (χ0n) is 16.0. The Morgan fingerprint density at radius 3 is 2.72 bits per heavy atom. The number of hydrogen-bond donors (Lipinski definition) is 1. The van der Waals surface area contributed by atoms with E-state index in [1.165, 1.54) is 30.0 Å². The zero-order valence-corrected chi connectivity index (χ0v) is 16.0. The van der Waals surface area contributed by atoms with E-state index in [0.29, 0.717) is 5.56 Å². The first kappa shape index (κ1) is 20.0. The normalized spacial score (nSPS) is 11.5. The largest absolute Gasteiger partial charge is 0.479 e. The molecule has 0 spiro atoms. The summed E-state index contributed by atoms with van der Waals surface area (Å²) in [6.07, 6.45) is 7.94. The van der Waals surface area contributed by atoms with Crippen molar-refractivity contribution in [2.45, 2.75) is 26.2 Å². The standard InChI is InChI=1S/C22H21N3O4/c1-2-3-5-16-8-11-18(12-9-16)23-15-20-22(26)29-21(24-20)13-10-17-6-4-7-19(14-17)25(27)28/h4,6-15,26H,2-3,5H2,1H3. The number of hydrogen-bond acceptors (Lipinski definition) is 6. The van der Waals surface area contributed by atoms with Gasteiger partial charge >= 0.3 is 5.95 Å². The maximum absolute atomic E-state index is 10.8. The fraction of sp³-hybridized carbons (Fsp3) is 0.182. The van der Waals surface area contributed by atoms with Gasteiger partial charge in [0.1, 0.15) is 0 Å². The van der Waals surface area contributed by atoms with Crippen LogP contribution in [0.5, 0.6) is 5.95 Å². The molecular formula is C22H21N3O4. The Kier molecular flexibility index (Phi) is 6.52. The number of non-ortho nitro benzene ring substituents is 1. The average molecular weight is 391 g/mol. The van der Waals surface area contributed by atoms with Crippen LogP contribution in [0.3, 0.4) is 0 Å². The summed E-state index contributed by atoms with van der Waals surface area (Å²) in [5, 5.41) is 20.8. The van der Waals surface area contributed by atoms with Gasteiger partial charge in [-0.15, -0.1) is 0 Å². The van der Waals surface area contributed by atoms with E-state index in [0.717, 1.165) is 24.9 Å². The summed E-state index contributed by atoms with van der Waals surface area (Å²) in [4.78, 5) is 18.9. The first-order valence-electron chi connectivity index (χ1n) is 9.30. The molecule has 0 amide bonds. The van der Waals surface area contributed by atoms with Crippen molar-refractivity contribution in [3.8, 4) is 5.95 Å². The second-order valence-corrected chi connectivity index (χ2v) is 6.46. The number of nitro groups is 1. The van der Waals surface area contributed by atoms with E-state index in [1.54, 1.807) is 18.2 Å². The SMILES string of the molecule is CCCCc1ccc(N=Cc2nc(C=Cc3cccc([N+](=O)[O-])c3)oc2O)cc1. The van der Waals surface area contributed by atoms with Crippen molar-refractivity contribution < 1.29 is 14.4 Å². The second kappa shape index (κ2) is 9.45. The molecule has 0 aliphatic rings. The van der Waals surface area contributed by atoms with Crippen molar-refractivity contribution in [3.05, 3.63) is 81.4 Å². The highest BCUT2D eigenvalue weighted by Crippen LogP contribution is 2.21. The quantitative estimate of drug-likeness (QED) is 0.308. The molecule has 3 rings (SSSR count). The van der Waals surface area contributed by atoms with E-state index in [2.05, 4.69) is 16.9 Å². The summed E-state index contributed by atoms with van der Waals surface area (Å²) in [6, 6.07) is 14.1. The third-order valence-electron chi connectivity index (χ3n) is 4.24. The minimum Gasteiger partial charge on any atom is -0.479 e. The van der Waals surface area contributed by atoms with Gasteiger partial charge in [-0.25, -0.2) is 4.98 Å². The van der Waals surface area contributed by atoms with Crippen LogP contribution >= 0.6 is 0 Å². The van der Waals surface area contributed by atoms with E-state index in [4.69, 9.17) is 4.42 Å². The number of nitro benzene ring substituents is 1. The number of unbranched alkanes of at least 4 members (excludes halogenated alkanes) is 1. The molecular weight excluding hydrogens is 370 g/mol. The van der Waals surface area contributed by atoms with E-state index in [1.807, 2.05) is 24.3 Å². The van der Waals surface area contributed by atoms with Gasteiger partial charge in [-0.05, 0) is 42.2 Å². The molecule has 3 aromatic rings. The first-order chi connectivity index (χ1) is 14.0. The summed E-state index contributed by atoms with van der Waals surface area (Å²) in [5.41, 5.74) is 2.84. The van der Waals surface area contributed by atoms with Crippen LogP contribution in [-0.4, -0.2) is 21.2 Å². The lowest BCUT2D eigenvalue weighted by Gasteiger charge is -1.99. The minimum absolute atomic E-state index is 0.00376. The molecule has 148 valence electrons. The highest BCUT2D eigenvalue weighted by Gasteiger charge is 2.09. The molecule has 0 radical (unpaired) electrons. The highest BCUT2D eigenvalue weighted by atomic mass is 16.6. The Balaban J connectivity index is 1.69. The van der Waals surface area contributed by atoms with Crippen molar-refractivity contribution in [3.63, 3.8) is 0 Å². The van der Waals surface area contributed by atoms with Crippen molar-refractivity contribution in [1.29, 1.82) is 0 Å². The molecule has 0 saturated carbocycles. The average Bonchev–Trinajstić information content (AvgIpc) is 3.09. The van der Waals surface area contributed by atoms with Crippen molar-refractivity contribution in [1.82, 2.24) is 4.98 Å². The van der Waals surface area contributed by atoms with Gasteiger partial charge in [-0.1, -0.05) is 37.6 Å². The summed E-state index contributed by atoms with van der Waals surface area (Å²) in [6.45, 7) is 2.16. The van der Waals surface area contributed by atoms with Crippen molar-refractivity contribution in [2.24, 2.45) is 4.99 Å². The van der Waals surface area contributed by atoms with Crippen LogP contribution in [0.15, 0.2) is 57.9 Å². The van der Waals surface area contributed by atoms with Crippen LogP contribution in [0.2, 0.25) is 0 Å². The number of aryl methyl sites for hydroxylation is 1. The molecule has 2 aromatic carbocycles. The molecule has 29 heavy (non-hydrogen) atoms. The molecule has 1 heterocycles. The monoisotopic (exact) mass is 391 g/mol. The predicted octanol–water partition coefficient (Wildman–Crippen LogP) is 5.55. The fourth-order valence-electron chi connectivity index (χ4n) is 2.67. The van der Waals surface area contributed by atoms with Gasteiger partial charge in [0, 0.05) is 18.2 Å². The van der Waals surface area contributed by atoms with Crippen molar-refractivity contribution >= 4 is 29.7 Å². The third-order valence-corrected chi connectivity index (χ3v) is 4.24. The molecule has 0 aliphatic heterocycles. The van der Waals surface area contributed by atoms with Crippen LogP contribution in [0.1, 0.15) is 42.5 Å². The molecule has 0 bridgehead atoms. The molecule has 0 atom stereocenters. The maximum atomic E-state index is 10.8. The molecule has 1 N–H and O–H groups in total. The van der Waals surface area contributed by atoms with Crippen LogP contribution in [0.4, 0.5) is 11.4 Å². The topological polar surface area (TPSA) is 102 Å². The molecule has 0 saturated heterocycles. The first-order valence-corrected chi connectivity index (χ1v) is 9.30. The summed E-state index contributed by atoms with van der Waals surface area (Å²) in [7, 11) is 0. The number of benzene rings is 2. The Labute approximate surface area is 168 Å². The maximum Gasteiger partial charge on any atom is 0.312 e. The fourth-order valence-corrected chi connectivity index (χ4v) is 2.67. The Morgan fingerprint density at radius 1 is 1.21 bits per heavy atom. The predicted molar refractivity (Wildman–Crippen MR) is 113 cm³/mol. The zero-order chi connectivity index (χ0) is 20.6. The molecule has 7 nitrogen and oxygen atoms in total. The second-order valence-electron chi connectivity index (χ2n) is 6.46. The Bertz CT molecular complexity index is 1040. The highest BCUT2D eigenvalue weighted by molar-refractivity contribution is 5.82. The molecule has 0 unspecified atom stereocenters. The van der Waals surface area contributed by atoms with E-state index < -0.39 is 4.92 Å². The third kappa shape index (κ3) is 5.62.